The molecule has 2 amide bonds. The summed E-state index contributed by atoms with van der Waals surface area (Å²) in [6.45, 7) is 3.10. The number of nitrogens with two attached hydrogens (primary N) is 1. The van der Waals surface area contributed by atoms with Gasteiger partial charge in [-0.3, -0.25) is 9.59 Å². The lowest BCUT2D eigenvalue weighted by molar-refractivity contribution is -0.130. The van der Waals surface area contributed by atoms with Crippen LogP contribution >= 0.6 is 0 Å². The number of benzene rings is 1. The number of nitrogens with zero attached hydrogens (tertiary/aromatic N) is 1. The molecule has 1 aromatic rings. The van der Waals surface area contributed by atoms with Gasteiger partial charge in [0, 0.05) is 30.9 Å². The molecule has 0 fully saturated rings. The van der Waals surface area contributed by atoms with Gasteiger partial charge < -0.3 is 16.0 Å². The van der Waals surface area contributed by atoms with Crippen LogP contribution in [0.4, 0.5) is 10.1 Å². The van der Waals surface area contributed by atoms with Crippen molar-refractivity contribution in [1.29, 1.82) is 0 Å². The van der Waals surface area contributed by atoms with Crippen LogP contribution in [0.2, 0.25) is 0 Å². The number of carbonyl (C=O) groups is 2. The van der Waals surface area contributed by atoms with E-state index in [0.29, 0.717) is 5.56 Å². The van der Waals surface area contributed by atoms with Crippen LogP contribution in [0.5, 0.6) is 0 Å². The number of hydrogen-bond donors (Lipinski definition) is 2. The summed E-state index contributed by atoms with van der Waals surface area (Å²) >= 11 is 0. The first-order chi connectivity index (χ1) is 8.73. The second-order valence-electron chi connectivity index (χ2n) is 4.60. The van der Waals surface area contributed by atoms with Crippen LogP contribution in [0.3, 0.4) is 0 Å². The fraction of sp³-hybridized carbons (Fsp3) is 0.385. The van der Waals surface area contributed by atoms with E-state index in [-0.39, 0.29) is 17.2 Å². The van der Waals surface area contributed by atoms with E-state index in [9.17, 15) is 14.0 Å². The number of likely N-dealkylation sites (N-methyl/N-ethyl adjacent to an activating group) is 1. The highest BCUT2D eigenvalue weighted by Crippen LogP contribution is 2.17. The second kappa shape index (κ2) is 5.69. The zero-order chi connectivity index (χ0) is 14.7. The van der Waals surface area contributed by atoms with Crippen LogP contribution < -0.4 is 11.1 Å². The van der Waals surface area contributed by atoms with Gasteiger partial charge in [-0.2, -0.15) is 0 Å². The predicted molar refractivity (Wildman–Crippen MR) is 71.2 cm³/mol. The Morgan fingerprint density at radius 2 is 1.95 bits per heavy atom. The van der Waals surface area contributed by atoms with Crippen molar-refractivity contribution in [2.75, 3.05) is 19.8 Å². The molecule has 0 radical (unpaired) electrons. The maximum absolute atomic E-state index is 13.5. The molecule has 104 valence electrons. The van der Waals surface area contributed by atoms with E-state index in [2.05, 4.69) is 5.32 Å². The van der Waals surface area contributed by atoms with Gasteiger partial charge in [-0.1, -0.05) is 0 Å². The number of rotatable bonds is 3. The third kappa shape index (κ3) is 3.43. The van der Waals surface area contributed by atoms with E-state index >= 15 is 0 Å². The summed E-state index contributed by atoms with van der Waals surface area (Å²) in [6.07, 6.45) is 0. The average Bonchev–Trinajstić information content (AvgIpc) is 2.33. The largest absolute Gasteiger partial charge is 0.398 e. The van der Waals surface area contributed by atoms with Crippen molar-refractivity contribution in [3.8, 4) is 0 Å². The van der Waals surface area contributed by atoms with Gasteiger partial charge in [0.25, 0.3) is 5.91 Å². The third-order valence-corrected chi connectivity index (χ3v) is 2.81. The van der Waals surface area contributed by atoms with Crippen molar-refractivity contribution in [3.63, 3.8) is 0 Å². The van der Waals surface area contributed by atoms with Crippen molar-refractivity contribution >= 4 is 17.5 Å². The Labute approximate surface area is 111 Å². The summed E-state index contributed by atoms with van der Waals surface area (Å²) in [5.74, 6) is -1.32. The zero-order valence-corrected chi connectivity index (χ0v) is 11.5. The molecular weight excluding hydrogens is 249 g/mol. The number of nitrogens with one attached hydrogen (secondary N) is 1. The Hall–Kier alpha value is -2.11. The van der Waals surface area contributed by atoms with Crippen molar-refractivity contribution in [2.45, 2.75) is 19.9 Å². The fourth-order valence-corrected chi connectivity index (χ4v) is 1.56. The molecule has 1 aromatic carbocycles. The maximum Gasteiger partial charge on any atom is 0.252 e. The molecule has 0 spiro atoms. The Kier molecular flexibility index (Phi) is 4.47. The first kappa shape index (κ1) is 14.9. The number of amides is 2. The smallest absolute Gasteiger partial charge is 0.252 e. The van der Waals surface area contributed by atoms with Crippen LogP contribution in [0.25, 0.3) is 0 Å². The SMILES string of the molecule is Cc1c(N)cc(C(=O)NC(C)C(=O)N(C)C)cc1F. The van der Waals surface area contributed by atoms with E-state index in [1.54, 1.807) is 21.0 Å². The van der Waals surface area contributed by atoms with Gasteiger partial charge in [0.1, 0.15) is 11.9 Å². The molecule has 1 unspecified atom stereocenters. The highest BCUT2D eigenvalue weighted by Gasteiger charge is 2.19. The molecule has 0 aliphatic rings. The van der Waals surface area contributed by atoms with Crippen LogP contribution in [0, 0.1) is 12.7 Å². The van der Waals surface area contributed by atoms with Gasteiger partial charge in [-0.15, -0.1) is 0 Å². The molecule has 0 aromatic heterocycles. The summed E-state index contributed by atoms with van der Waals surface area (Å²) < 4.78 is 13.5. The minimum atomic E-state index is -0.687. The standard InChI is InChI=1S/C13H18FN3O2/c1-7-10(14)5-9(6-11(7)15)12(18)16-8(2)13(19)17(3)4/h5-6,8H,15H2,1-4H3,(H,16,18). The molecule has 0 heterocycles. The molecule has 0 saturated carbocycles. The van der Waals surface area contributed by atoms with Crippen molar-refractivity contribution < 1.29 is 14.0 Å². The van der Waals surface area contributed by atoms with Crippen LogP contribution in [0.1, 0.15) is 22.8 Å². The Bertz CT molecular complexity index is 492. The minimum Gasteiger partial charge on any atom is -0.398 e. The normalized spacial score (nSPS) is 11.8. The summed E-state index contributed by atoms with van der Waals surface area (Å²) in [5.41, 5.74) is 6.20. The molecule has 1 rings (SSSR count). The number of anilines is 1. The van der Waals surface area contributed by atoms with E-state index < -0.39 is 17.8 Å². The van der Waals surface area contributed by atoms with Gasteiger partial charge in [0.15, 0.2) is 0 Å². The topological polar surface area (TPSA) is 75.4 Å². The molecule has 0 bridgehead atoms. The first-order valence-electron chi connectivity index (χ1n) is 5.81. The summed E-state index contributed by atoms with van der Waals surface area (Å²) in [5, 5.41) is 2.50. The fourth-order valence-electron chi connectivity index (χ4n) is 1.56. The monoisotopic (exact) mass is 267 g/mol. The lowest BCUT2D eigenvalue weighted by Crippen LogP contribution is -2.44. The molecule has 1 atom stereocenters. The zero-order valence-electron chi connectivity index (χ0n) is 11.5. The number of halogens is 1. The van der Waals surface area contributed by atoms with Crippen LogP contribution in [-0.4, -0.2) is 36.9 Å². The van der Waals surface area contributed by atoms with E-state index in [1.165, 1.54) is 17.9 Å². The summed E-state index contributed by atoms with van der Waals surface area (Å²) in [4.78, 5) is 24.9. The Balaban J connectivity index is 2.88. The maximum atomic E-state index is 13.5. The predicted octanol–water partition coefficient (Wildman–Crippen LogP) is 0.923. The third-order valence-electron chi connectivity index (χ3n) is 2.81. The van der Waals surface area contributed by atoms with Gasteiger partial charge in [-0.25, -0.2) is 4.39 Å². The van der Waals surface area contributed by atoms with Crippen molar-refractivity contribution in [1.82, 2.24) is 10.2 Å². The average molecular weight is 267 g/mol. The molecule has 5 nitrogen and oxygen atoms in total. The molecule has 0 aliphatic carbocycles. The van der Waals surface area contributed by atoms with Crippen molar-refractivity contribution in [3.05, 3.63) is 29.1 Å². The van der Waals surface area contributed by atoms with Gasteiger partial charge in [-0.05, 0) is 26.0 Å². The first-order valence-corrected chi connectivity index (χ1v) is 5.81. The summed E-state index contributed by atoms with van der Waals surface area (Å²) in [7, 11) is 3.18. The van der Waals surface area contributed by atoms with E-state index in [4.69, 9.17) is 5.73 Å². The van der Waals surface area contributed by atoms with E-state index in [0.717, 1.165) is 6.07 Å². The van der Waals surface area contributed by atoms with Gasteiger partial charge in [0.05, 0.1) is 0 Å². The molecule has 0 saturated heterocycles. The summed E-state index contributed by atoms with van der Waals surface area (Å²) in [6, 6.07) is 1.81. The lowest BCUT2D eigenvalue weighted by Gasteiger charge is -2.18. The minimum absolute atomic E-state index is 0.0963. The Morgan fingerprint density at radius 3 is 2.42 bits per heavy atom. The highest BCUT2D eigenvalue weighted by molar-refractivity contribution is 5.98. The lowest BCUT2D eigenvalue weighted by atomic mass is 10.1. The molecule has 0 aliphatic heterocycles. The van der Waals surface area contributed by atoms with E-state index in [1.807, 2.05) is 0 Å². The quantitative estimate of drug-likeness (QED) is 0.800. The number of nitrogen functional groups attached to an aromatic ring is 1. The molecule has 6 heteroatoms. The van der Waals surface area contributed by atoms with Gasteiger partial charge >= 0.3 is 0 Å². The highest BCUT2D eigenvalue weighted by atomic mass is 19.1. The number of carbonyl (C=O) groups excluding carboxylic acids is 2. The Morgan fingerprint density at radius 1 is 1.37 bits per heavy atom. The van der Waals surface area contributed by atoms with Crippen molar-refractivity contribution in [2.24, 2.45) is 0 Å². The molecular formula is C13H18FN3O2. The number of hydrogen-bond acceptors (Lipinski definition) is 3. The van der Waals surface area contributed by atoms with Crippen LogP contribution in [0.15, 0.2) is 12.1 Å². The molecule has 3 N–H and O–H groups in total. The van der Waals surface area contributed by atoms with Crippen LogP contribution in [-0.2, 0) is 4.79 Å². The second-order valence-corrected chi connectivity index (χ2v) is 4.60. The van der Waals surface area contributed by atoms with Gasteiger partial charge in [0.2, 0.25) is 5.91 Å². The molecule has 19 heavy (non-hydrogen) atoms.